The molecule has 0 radical (unpaired) electrons. The maximum Gasteiger partial charge on any atom is 0.119 e. The summed E-state index contributed by atoms with van der Waals surface area (Å²) in [5, 5.41) is 14.2. The predicted octanol–water partition coefficient (Wildman–Crippen LogP) is 2.43. The van der Waals surface area contributed by atoms with Gasteiger partial charge in [-0.3, -0.25) is 0 Å². The molecule has 1 heterocycles. The SMILES string of the molecule is CC(O)(c1ccc(OC2CC2)cc1)C1CCCNC1. The van der Waals surface area contributed by atoms with Crippen LogP contribution in [0.5, 0.6) is 5.75 Å². The summed E-state index contributed by atoms with van der Waals surface area (Å²) < 4.78 is 5.74. The second-order valence-electron chi connectivity index (χ2n) is 6.03. The number of aliphatic hydroxyl groups is 1. The molecule has 1 aliphatic carbocycles. The van der Waals surface area contributed by atoms with Gasteiger partial charge < -0.3 is 15.2 Å². The molecular formula is C16H23NO2. The lowest BCUT2D eigenvalue weighted by Gasteiger charge is -2.36. The molecule has 0 aromatic heterocycles. The van der Waals surface area contributed by atoms with Gasteiger partial charge in [0, 0.05) is 12.5 Å². The smallest absolute Gasteiger partial charge is 0.119 e. The first-order valence-electron chi connectivity index (χ1n) is 7.36. The van der Waals surface area contributed by atoms with Crippen LogP contribution in [0, 0.1) is 5.92 Å². The van der Waals surface area contributed by atoms with Crippen molar-refractivity contribution in [2.75, 3.05) is 13.1 Å². The van der Waals surface area contributed by atoms with Gasteiger partial charge in [0.25, 0.3) is 0 Å². The average Bonchev–Trinajstić information content (AvgIpc) is 3.24. The lowest BCUT2D eigenvalue weighted by atomic mass is 9.79. The standard InChI is InChI=1S/C16H23NO2/c1-16(18,13-3-2-10-17-11-13)12-4-6-14(7-5-12)19-15-8-9-15/h4-7,13,15,17-18H,2-3,8-11H2,1H3. The fraction of sp³-hybridized carbons (Fsp3) is 0.625. The molecule has 2 N–H and O–H groups in total. The maximum absolute atomic E-state index is 10.8. The number of hydrogen-bond donors (Lipinski definition) is 2. The summed E-state index contributed by atoms with van der Waals surface area (Å²) in [6, 6.07) is 7.98. The van der Waals surface area contributed by atoms with E-state index in [-0.39, 0.29) is 5.92 Å². The predicted molar refractivity (Wildman–Crippen MR) is 75.3 cm³/mol. The highest BCUT2D eigenvalue weighted by Crippen LogP contribution is 2.35. The maximum atomic E-state index is 10.8. The molecule has 0 amide bonds. The molecule has 3 nitrogen and oxygen atoms in total. The van der Waals surface area contributed by atoms with Gasteiger partial charge in [0.1, 0.15) is 5.75 Å². The van der Waals surface area contributed by atoms with E-state index < -0.39 is 5.60 Å². The molecule has 2 atom stereocenters. The van der Waals surface area contributed by atoms with Gasteiger partial charge in [-0.1, -0.05) is 12.1 Å². The van der Waals surface area contributed by atoms with Crippen molar-refractivity contribution in [2.24, 2.45) is 5.92 Å². The minimum absolute atomic E-state index is 0.288. The third kappa shape index (κ3) is 2.93. The molecule has 3 rings (SSSR count). The minimum atomic E-state index is -0.758. The van der Waals surface area contributed by atoms with E-state index in [2.05, 4.69) is 5.32 Å². The Hall–Kier alpha value is -1.06. The van der Waals surface area contributed by atoms with Gasteiger partial charge in [0.15, 0.2) is 0 Å². The second-order valence-corrected chi connectivity index (χ2v) is 6.03. The largest absolute Gasteiger partial charge is 0.490 e. The van der Waals surface area contributed by atoms with E-state index in [1.807, 2.05) is 31.2 Å². The molecule has 1 aromatic carbocycles. The molecular weight excluding hydrogens is 238 g/mol. The molecule has 104 valence electrons. The van der Waals surface area contributed by atoms with Crippen LogP contribution in [0.25, 0.3) is 0 Å². The highest BCUT2D eigenvalue weighted by atomic mass is 16.5. The summed E-state index contributed by atoms with van der Waals surface area (Å²) in [4.78, 5) is 0. The molecule has 2 aliphatic rings. The number of hydrogen-bond acceptors (Lipinski definition) is 3. The summed E-state index contributed by atoms with van der Waals surface area (Å²) in [6.07, 6.45) is 5.00. The van der Waals surface area contributed by atoms with E-state index in [1.54, 1.807) is 0 Å². The Morgan fingerprint density at radius 2 is 1.95 bits per heavy atom. The summed E-state index contributed by atoms with van der Waals surface area (Å²) in [5.74, 6) is 1.21. The summed E-state index contributed by atoms with van der Waals surface area (Å²) in [5.41, 5.74) is 0.232. The van der Waals surface area contributed by atoms with E-state index in [1.165, 1.54) is 12.8 Å². The van der Waals surface area contributed by atoms with E-state index in [0.29, 0.717) is 6.10 Å². The number of piperidine rings is 1. The fourth-order valence-electron chi connectivity index (χ4n) is 2.82. The Morgan fingerprint density at radius 3 is 2.53 bits per heavy atom. The van der Waals surface area contributed by atoms with Crippen molar-refractivity contribution in [1.82, 2.24) is 5.32 Å². The molecule has 2 fully saturated rings. The molecule has 3 heteroatoms. The zero-order chi connectivity index (χ0) is 13.3. The minimum Gasteiger partial charge on any atom is -0.490 e. The van der Waals surface area contributed by atoms with Crippen molar-refractivity contribution in [1.29, 1.82) is 0 Å². The number of benzene rings is 1. The molecule has 1 aromatic rings. The van der Waals surface area contributed by atoms with Crippen LogP contribution in [0.15, 0.2) is 24.3 Å². The van der Waals surface area contributed by atoms with Crippen LogP contribution in [0.3, 0.4) is 0 Å². The van der Waals surface area contributed by atoms with Crippen LogP contribution in [-0.4, -0.2) is 24.3 Å². The van der Waals surface area contributed by atoms with Gasteiger partial charge in [0.05, 0.1) is 11.7 Å². The van der Waals surface area contributed by atoms with Crippen molar-refractivity contribution < 1.29 is 9.84 Å². The third-order valence-electron chi connectivity index (χ3n) is 4.36. The van der Waals surface area contributed by atoms with Gasteiger partial charge in [-0.25, -0.2) is 0 Å². The lowest BCUT2D eigenvalue weighted by molar-refractivity contribution is -0.0156. The van der Waals surface area contributed by atoms with E-state index in [0.717, 1.165) is 37.2 Å². The Kier molecular flexibility index (Phi) is 3.50. The Balaban J connectivity index is 1.71. The highest BCUT2D eigenvalue weighted by molar-refractivity contribution is 5.31. The molecule has 19 heavy (non-hydrogen) atoms. The molecule has 1 saturated carbocycles. The number of rotatable bonds is 4. The van der Waals surface area contributed by atoms with Crippen molar-refractivity contribution in [3.05, 3.63) is 29.8 Å². The normalized spacial score (nSPS) is 26.7. The number of ether oxygens (including phenoxy) is 1. The van der Waals surface area contributed by atoms with Crippen LogP contribution in [0.1, 0.15) is 38.2 Å². The van der Waals surface area contributed by atoms with Crippen molar-refractivity contribution >= 4 is 0 Å². The monoisotopic (exact) mass is 261 g/mol. The topological polar surface area (TPSA) is 41.5 Å². The van der Waals surface area contributed by atoms with Gasteiger partial charge in [-0.2, -0.15) is 0 Å². The molecule has 0 bridgehead atoms. The zero-order valence-electron chi connectivity index (χ0n) is 11.6. The Morgan fingerprint density at radius 1 is 1.21 bits per heavy atom. The summed E-state index contributed by atoms with van der Waals surface area (Å²) in [6.45, 7) is 3.90. The van der Waals surface area contributed by atoms with Gasteiger partial charge in [0.2, 0.25) is 0 Å². The Bertz CT molecular complexity index is 417. The van der Waals surface area contributed by atoms with E-state index >= 15 is 0 Å². The van der Waals surface area contributed by atoms with Gasteiger partial charge in [-0.15, -0.1) is 0 Å². The van der Waals surface area contributed by atoms with Crippen molar-refractivity contribution in [3.8, 4) is 5.75 Å². The van der Waals surface area contributed by atoms with Crippen molar-refractivity contribution in [2.45, 2.75) is 44.3 Å². The van der Waals surface area contributed by atoms with Crippen molar-refractivity contribution in [3.63, 3.8) is 0 Å². The molecule has 0 spiro atoms. The molecule has 2 unspecified atom stereocenters. The first-order valence-corrected chi connectivity index (χ1v) is 7.36. The van der Waals surface area contributed by atoms with Crippen LogP contribution < -0.4 is 10.1 Å². The number of nitrogens with one attached hydrogen (secondary N) is 1. The van der Waals surface area contributed by atoms with Crippen LogP contribution in [-0.2, 0) is 5.60 Å². The van der Waals surface area contributed by atoms with Crippen LogP contribution in [0.4, 0.5) is 0 Å². The Labute approximate surface area is 115 Å². The van der Waals surface area contributed by atoms with Gasteiger partial charge >= 0.3 is 0 Å². The molecule has 1 aliphatic heterocycles. The zero-order valence-corrected chi connectivity index (χ0v) is 11.6. The highest BCUT2D eigenvalue weighted by Gasteiger charge is 2.34. The van der Waals surface area contributed by atoms with E-state index in [9.17, 15) is 5.11 Å². The first kappa shape index (κ1) is 12.9. The lowest BCUT2D eigenvalue weighted by Crippen LogP contribution is -2.42. The van der Waals surface area contributed by atoms with Gasteiger partial charge in [-0.05, 0) is 56.8 Å². The fourth-order valence-corrected chi connectivity index (χ4v) is 2.82. The second kappa shape index (κ2) is 5.14. The average molecular weight is 261 g/mol. The third-order valence-corrected chi connectivity index (χ3v) is 4.36. The van der Waals surface area contributed by atoms with Crippen LogP contribution >= 0.6 is 0 Å². The first-order chi connectivity index (χ1) is 9.16. The summed E-state index contributed by atoms with van der Waals surface area (Å²) >= 11 is 0. The van der Waals surface area contributed by atoms with E-state index in [4.69, 9.17) is 4.74 Å². The summed E-state index contributed by atoms with van der Waals surface area (Å²) in [7, 11) is 0. The van der Waals surface area contributed by atoms with Crippen LogP contribution in [0.2, 0.25) is 0 Å². The quantitative estimate of drug-likeness (QED) is 0.874. The molecule has 1 saturated heterocycles.